The highest BCUT2D eigenvalue weighted by Gasteiger charge is 2.36. The van der Waals surface area contributed by atoms with Crippen molar-refractivity contribution in [3.05, 3.63) is 180 Å². The summed E-state index contributed by atoms with van der Waals surface area (Å²) >= 11 is 6.23. The van der Waals surface area contributed by atoms with Gasteiger partial charge in [0.1, 0.15) is 5.60 Å². The standard InChI is InChI=1S/C38H27ClN2O/c39-32-19-16-27(17-20-32)37-25-29-24-28(18-21-36(29)41(37)33-14-8-3-9-15-33)34-26-40-23-22-35(34)38(42,30-10-4-1-5-11-30)31-12-6-2-7-13-31/h1-26,42H. The molecule has 0 saturated heterocycles. The summed E-state index contributed by atoms with van der Waals surface area (Å²) in [5.41, 5.74) is 7.15. The predicted molar refractivity (Wildman–Crippen MR) is 172 cm³/mol. The Labute approximate surface area is 249 Å². The predicted octanol–water partition coefficient (Wildman–Crippen LogP) is 9.30. The number of rotatable bonds is 6. The Kier molecular flexibility index (Phi) is 6.67. The zero-order chi connectivity index (χ0) is 28.5. The van der Waals surface area contributed by atoms with Crippen LogP contribution in [-0.2, 0) is 5.60 Å². The number of hydrogen-bond acceptors (Lipinski definition) is 2. The van der Waals surface area contributed by atoms with E-state index >= 15 is 0 Å². The molecule has 0 aliphatic heterocycles. The fourth-order valence-electron chi connectivity index (χ4n) is 5.85. The average molecular weight is 563 g/mol. The van der Waals surface area contributed by atoms with Gasteiger partial charge in [0, 0.05) is 39.6 Å². The Morgan fingerprint density at radius 1 is 0.619 bits per heavy atom. The van der Waals surface area contributed by atoms with E-state index in [4.69, 9.17) is 11.6 Å². The van der Waals surface area contributed by atoms with Gasteiger partial charge in [0.05, 0.1) is 11.2 Å². The van der Waals surface area contributed by atoms with Gasteiger partial charge in [-0.05, 0) is 70.8 Å². The monoisotopic (exact) mass is 562 g/mol. The first-order valence-electron chi connectivity index (χ1n) is 13.9. The molecule has 0 aliphatic carbocycles. The Hall–Kier alpha value is -4.96. The van der Waals surface area contributed by atoms with Gasteiger partial charge in [-0.3, -0.25) is 4.98 Å². The summed E-state index contributed by atoms with van der Waals surface area (Å²) in [5.74, 6) is 0. The second-order valence-corrected chi connectivity index (χ2v) is 10.8. The third kappa shape index (κ3) is 4.50. The van der Waals surface area contributed by atoms with Gasteiger partial charge < -0.3 is 9.67 Å². The molecule has 7 aromatic rings. The summed E-state index contributed by atoms with van der Waals surface area (Å²) in [6.07, 6.45) is 3.60. The lowest BCUT2D eigenvalue weighted by atomic mass is 9.78. The van der Waals surface area contributed by atoms with Crippen molar-refractivity contribution in [2.75, 3.05) is 0 Å². The maximum atomic E-state index is 12.6. The van der Waals surface area contributed by atoms with Crippen molar-refractivity contribution in [3.8, 4) is 28.1 Å². The quantitative estimate of drug-likeness (QED) is 0.219. The first-order valence-corrected chi connectivity index (χ1v) is 14.3. The van der Waals surface area contributed by atoms with Crippen LogP contribution >= 0.6 is 11.6 Å². The van der Waals surface area contributed by atoms with Crippen molar-refractivity contribution >= 4 is 22.5 Å². The van der Waals surface area contributed by atoms with Gasteiger partial charge in [0.15, 0.2) is 0 Å². The molecule has 5 aromatic carbocycles. The molecular formula is C38H27ClN2O. The minimum absolute atomic E-state index is 0.705. The van der Waals surface area contributed by atoms with Crippen molar-refractivity contribution in [2.24, 2.45) is 0 Å². The Balaban J connectivity index is 1.44. The van der Waals surface area contributed by atoms with Crippen LogP contribution in [0.1, 0.15) is 16.7 Å². The van der Waals surface area contributed by atoms with Gasteiger partial charge in [-0.15, -0.1) is 0 Å². The first-order chi connectivity index (χ1) is 20.6. The van der Waals surface area contributed by atoms with E-state index in [1.807, 2.05) is 91.1 Å². The summed E-state index contributed by atoms with van der Waals surface area (Å²) in [6.45, 7) is 0. The molecule has 0 bridgehead atoms. The van der Waals surface area contributed by atoms with E-state index in [2.05, 4.69) is 70.2 Å². The van der Waals surface area contributed by atoms with Gasteiger partial charge in [-0.1, -0.05) is 109 Å². The number of nitrogens with zero attached hydrogens (tertiary/aromatic N) is 2. The molecule has 2 aromatic heterocycles. The summed E-state index contributed by atoms with van der Waals surface area (Å²) < 4.78 is 2.27. The van der Waals surface area contributed by atoms with Gasteiger partial charge in [0.2, 0.25) is 0 Å². The van der Waals surface area contributed by atoms with Crippen molar-refractivity contribution in [2.45, 2.75) is 5.60 Å². The molecule has 2 heterocycles. The van der Waals surface area contributed by atoms with Crippen LogP contribution in [0, 0.1) is 0 Å². The highest BCUT2D eigenvalue weighted by Crippen LogP contribution is 2.42. The van der Waals surface area contributed by atoms with Crippen LogP contribution in [0.4, 0.5) is 0 Å². The fraction of sp³-hybridized carbons (Fsp3) is 0.0263. The summed E-state index contributed by atoms with van der Waals surface area (Å²) in [6, 6.07) is 48.6. The molecule has 3 nitrogen and oxygen atoms in total. The highest BCUT2D eigenvalue weighted by molar-refractivity contribution is 6.30. The smallest absolute Gasteiger partial charge is 0.141 e. The molecule has 4 heteroatoms. The van der Waals surface area contributed by atoms with E-state index < -0.39 is 5.60 Å². The summed E-state index contributed by atoms with van der Waals surface area (Å²) in [5, 5.41) is 14.4. The van der Waals surface area contributed by atoms with Crippen molar-refractivity contribution in [1.82, 2.24) is 9.55 Å². The van der Waals surface area contributed by atoms with Crippen molar-refractivity contribution in [3.63, 3.8) is 0 Å². The van der Waals surface area contributed by atoms with Crippen LogP contribution in [0.5, 0.6) is 0 Å². The van der Waals surface area contributed by atoms with E-state index in [0.717, 1.165) is 55.7 Å². The summed E-state index contributed by atoms with van der Waals surface area (Å²) in [7, 11) is 0. The highest BCUT2D eigenvalue weighted by atomic mass is 35.5. The zero-order valence-electron chi connectivity index (χ0n) is 22.7. The lowest BCUT2D eigenvalue weighted by molar-refractivity contribution is 0.126. The van der Waals surface area contributed by atoms with E-state index in [1.165, 1.54) is 0 Å². The molecule has 0 saturated carbocycles. The molecule has 0 fully saturated rings. The van der Waals surface area contributed by atoms with Crippen LogP contribution in [-0.4, -0.2) is 14.7 Å². The number of benzene rings is 5. The Bertz CT molecular complexity index is 1940. The number of hydrogen-bond donors (Lipinski definition) is 1. The third-order valence-corrected chi connectivity index (χ3v) is 8.11. The maximum absolute atomic E-state index is 12.6. The number of para-hydroxylation sites is 1. The molecule has 42 heavy (non-hydrogen) atoms. The maximum Gasteiger partial charge on any atom is 0.141 e. The second-order valence-electron chi connectivity index (χ2n) is 10.3. The lowest BCUT2D eigenvalue weighted by Crippen LogP contribution is -2.29. The lowest BCUT2D eigenvalue weighted by Gasteiger charge is -2.32. The van der Waals surface area contributed by atoms with E-state index in [9.17, 15) is 5.11 Å². The fourth-order valence-corrected chi connectivity index (χ4v) is 5.97. The average Bonchev–Trinajstić information content (AvgIpc) is 3.45. The number of aromatic nitrogens is 2. The minimum atomic E-state index is -1.37. The van der Waals surface area contributed by atoms with Gasteiger partial charge in [-0.25, -0.2) is 0 Å². The molecule has 0 aliphatic rings. The molecular weight excluding hydrogens is 536 g/mol. The van der Waals surface area contributed by atoms with Crippen LogP contribution < -0.4 is 0 Å². The number of fused-ring (bicyclic) bond motifs is 1. The van der Waals surface area contributed by atoms with E-state index in [0.29, 0.717) is 5.02 Å². The van der Waals surface area contributed by atoms with E-state index in [1.54, 1.807) is 6.20 Å². The van der Waals surface area contributed by atoms with Crippen LogP contribution in [0.15, 0.2) is 158 Å². The molecule has 0 amide bonds. The molecule has 0 atom stereocenters. The van der Waals surface area contributed by atoms with Gasteiger partial charge in [0.25, 0.3) is 0 Å². The molecule has 0 unspecified atom stereocenters. The van der Waals surface area contributed by atoms with Crippen LogP contribution in [0.3, 0.4) is 0 Å². The normalized spacial score (nSPS) is 11.6. The van der Waals surface area contributed by atoms with Crippen molar-refractivity contribution in [1.29, 1.82) is 0 Å². The van der Waals surface area contributed by atoms with Crippen LogP contribution in [0.2, 0.25) is 5.02 Å². The van der Waals surface area contributed by atoms with Gasteiger partial charge >= 0.3 is 0 Å². The molecule has 0 radical (unpaired) electrons. The van der Waals surface area contributed by atoms with Crippen molar-refractivity contribution < 1.29 is 5.11 Å². The van der Waals surface area contributed by atoms with E-state index in [-0.39, 0.29) is 0 Å². The molecule has 7 rings (SSSR count). The Morgan fingerprint density at radius 2 is 1.21 bits per heavy atom. The first kappa shape index (κ1) is 26.0. The topological polar surface area (TPSA) is 38.1 Å². The zero-order valence-corrected chi connectivity index (χ0v) is 23.5. The minimum Gasteiger partial charge on any atom is -0.376 e. The largest absolute Gasteiger partial charge is 0.376 e. The number of pyridine rings is 1. The second kappa shape index (κ2) is 10.8. The molecule has 0 spiro atoms. The SMILES string of the molecule is OC(c1ccccc1)(c1ccccc1)c1ccncc1-c1ccc2c(c1)cc(-c1ccc(Cl)cc1)n2-c1ccccc1. The Morgan fingerprint density at radius 3 is 1.86 bits per heavy atom. The number of halogens is 1. The molecule has 1 N–H and O–H groups in total. The number of aliphatic hydroxyl groups is 1. The third-order valence-electron chi connectivity index (χ3n) is 7.86. The van der Waals surface area contributed by atoms with Gasteiger partial charge in [-0.2, -0.15) is 0 Å². The molecule has 202 valence electrons. The van der Waals surface area contributed by atoms with Crippen LogP contribution in [0.25, 0.3) is 39.0 Å². The summed E-state index contributed by atoms with van der Waals surface area (Å²) in [4.78, 5) is 4.50.